The maximum atomic E-state index is 12.4. The molecule has 0 aliphatic carbocycles. The van der Waals surface area contributed by atoms with Gasteiger partial charge in [-0.2, -0.15) is 5.10 Å². The largest absolute Gasteiger partial charge is 0.453 e. The fraction of sp³-hybridized carbons (Fsp3) is 0.150. The van der Waals surface area contributed by atoms with Gasteiger partial charge in [-0.1, -0.05) is 29.8 Å². The average molecular weight is 414 g/mol. The first-order chi connectivity index (χ1) is 13.5. The molecule has 0 saturated carbocycles. The van der Waals surface area contributed by atoms with E-state index in [1.165, 1.54) is 11.3 Å². The predicted molar refractivity (Wildman–Crippen MR) is 108 cm³/mol. The normalized spacial score (nSPS) is 11.1. The third kappa shape index (κ3) is 3.58. The molecule has 3 aromatic heterocycles. The Balaban J connectivity index is 1.53. The van der Waals surface area contributed by atoms with Crippen molar-refractivity contribution in [1.29, 1.82) is 0 Å². The van der Waals surface area contributed by atoms with Gasteiger partial charge in [0.1, 0.15) is 9.71 Å². The Labute approximate surface area is 169 Å². The van der Waals surface area contributed by atoms with Gasteiger partial charge in [-0.3, -0.25) is 9.48 Å². The van der Waals surface area contributed by atoms with Gasteiger partial charge in [-0.25, -0.2) is 4.79 Å². The summed E-state index contributed by atoms with van der Waals surface area (Å²) in [5.41, 5.74) is 2.18. The van der Waals surface area contributed by atoms with Gasteiger partial charge in [0.15, 0.2) is 6.61 Å². The SMILES string of the molecule is Cc1nn(Cc2ccccc2Cl)c2sc(C(=O)OCC(=O)c3ccc[nH]3)cc12. The second kappa shape index (κ2) is 7.61. The van der Waals surface area contributed by atoms with Crippen LogP contribution in [0, 0.1) is 6.92 Å². The number of H-pyrrole nitrogens is 1. The molecule has 28 heavy (non-hydrogen) atoms. The number of ketones is 1. The molecule has 0 aliphatic heterocycles. The van der Waals surface area contributed by atoms with Crippen molar-refractivity contribution in [2.24, 2.45) is 0 Å². The summed E-state index contributed by atoms with van der Waals surface area (Å²) in [6.45, 7) is 2.09. The fourth-order valence-corrected chi connectivity index (χ4v) is 4.14. The number of aryl methyl sites for hydroxylation is 1. The van der Waals surface area contributed by atoms with Gasteiger partial charge in [-0.15, -0.1) is 11.3 Å². The lowest BCUT2D eigenvalue weighted by Gasteiger charge is -2.05. The van der Waals surface area contributed by atoms with Gasteiger partial charge >= 0.3 is 5.97 Å². The topological polar surface area (TPSA) is 77.0 Å². The van der Waals surface area contributed by atoms with E-state index < -0.39 is 5.97 Å². The van der Waals surface area contributed by atoms with Gasteiger partial charge in [0, 0.05) is 16.6 Å². The number of thiophene rings is 1. The molecule has 142 valence electrons. The fourth-order valence-electron chi connectivity index (χ4n) is 2.89. The molecule has 4 rings (SSSR count). The molecule has 0 saturated heterocycles. The van der Waals surface area contributed by atoms with Gasteiger partial charge in [-0.05, 0) is 36.8 Å². The molecule has 1 aromatic carbocycles. The molecule has 0 aliphatic rings. The smallest absolute Gasteiger partial charge is 0.348 e. The number of hydrogen-bond acceptors (Lipinski definition) is 5. The molecule has 3 heterocycles. The standard InChI is InChI=1S/C20H16ClN3O3S/c1-12-14-9-18(20(26)27-11-17(25)16-7-4-8-22-16)28-19(14)24(23-12)10-13-5-2-3-6-15(13)21/h2-9,22H,10-11H2,1H3. The molecule has 0 fully saturated rings. The highest BCUT2D eigenvalue weighted by Crippen LogP contribution is 2.30. The molecule has 0 atom stereocenters. The lowest BCUT2D eigenvalue weighted by Crippen LogP contribution is -2.13. The van der Waals surface area contributed by atoms with E-state index in [2.05, 4.69) is 10.1 Å². The van der Waals surface area contributed by atoms with Crippen LogP contribution in [0.1, 0.15) is 31.4 Å². The van der Waals surface area contributed by atoms with E-state index in [1.54, 1.807) is 24.4 Å². The van der Waals surface area contributed by atoms with Crippen LogP contribution < -0.4 is 0 Å². The van der Waals surface area contributed by atoms with Crippen LogP contribution in [0.2, 0.25) is 5.02 Å². The van der Waals surface area contributed by atoms with Crippen LogP contribution in [0.25, 0.3) is 10.2 Å². The van der Waals surface area contributed by atoms with E-state index >= 15 is 0 Å². The van der Waals surface area contributed by atoms with Crippen molar-refractivity contribution in [1.82, 2.24) is 14.8 Å². The molecule has 0 spiro atoms. The van der Waals surface area contributed by atoms with Gasteiger partial charge in [0.05, 0.1) is 17.9 Å². The highest BCUT2D eigenvalue weighted by atomic mass is 35.5. The summed E-state index contributed by atoms with van der Waals surface area (Å²) in [6, 6.07) is 12.7. The van der Waals surface area contributed by atoms with Crippen molar-refractivity contribution >= 4 is 44.9 Å². The van der Waals surface area contributed by atoms with E-state index in [0.29, 0.717) is 22.1 Å². The van der Waals surface area contributed by atoms with Crippen LogP contribution in [0.5, 0.6) is 0 Å². The number of aromatic amines is 1. The molecule has 0 bridgehead atoms. The lowest BCUT2D eigenvalue weighted by molar-refractivity contribution is 0.0478. The van der Waals surface area contributed by atoms with E-state index in [0.717, 1.165) is 21.5 Å². The molecular weight excluding hydrogens is 398 g/mol. The molecule has 1 N–H and O–H groups in total. The summed E-state index contributed by atoms with van der Waals surface area (Å²) >= 11 is 7.55. The maximum absolute atomic E-state index is 12.4. The number of ether oxygens (including phenoxy) is 1. The number of hydrogen-bond donors (Lipinski definition) is 1. The molecule has 6 nitrogen and oxygen atoms in total. The number of esters is 1. The molecular formula is C20H16ClN3O3S. The number of benzene rings is 1. The first-order valence-corrected chi connectivity index (χ1v) is 9.76. The highest BCUT2D eigenvalue weighted by Gasteiger charge is 2.19. The number of carbonyl (C=O) groups excluding carboxylic acids is 2. The molecule has 8 heteroatoms. The number of fused-ring (bicyclic) bond motifs is 1. The Kier molecular flexibility index (Phi) is 5.02. The second-order valence-corrected chi connectivity index (χ2v) is 7.68. The van der Waals surface area contributed by atoms with Crippen molar-refractivity contribution in [3.8, 4) is 0 Å². The highest BCUT2D eigenvalue weighted by molar-refractivity contribution is 7.20. The Morgan fingerprint density at radius 2 is 2.07 bits per heavy atom. The van der Waals surface area contributed by atoms with E-state index in [4.69, 9.17) is 16.3 Å². The summed E-state index contributed by atoms with van der Waals surface area (Å²) in [4.78, 5) is 28.5. The van der Waals surface area contributed by atoms with Crippen molar-refractivity contribution < 1.29 is 14.3 Å². The molecule has 0 unspecified atom stereocenters. The van der Waals surface area contributed by atoms with Crippen LogP contribution in [0.15, 0.2) is 48.7 Å². The minimum atomic E-state index is -0.523. The Hall–Kier alpha value is -2.90. The Morgan fingerprint density at radius 3 is 2.82 bits per heavy atom. The van der Waals surface area contributed by atoms with Crippen molar-refractivity contribution in [2.45, 2.75) is 13.5 Å². The third-order valence-corrected chi connectivity index (χ3v) is 5.82. The number of Topliss-reactive ketones (excluding diaryl/α,β-unsaturated/α-hetero) is 1. The quantitative estimate of drug-likeness (QED) is 0.373. The number of rotatable bonds is 6. The lowest BCUT2D eigenvalue weighted by atomic mass is 10.2. The Morgan fingerprint density at radius 1 is 1.25 bits per heavy atom. The number of halogens is 1. The molecule has 0 radical (unpaired) electrons. The number of nitrogens with one attached hydrogen (secondary N) is 1. The summed E-state index contributed by atoms with van der Waals surface area (Å²) in [5, 5.41) is 6.11. The van der Waals surface area contributed by atoms with E-state index in [-0.39, 0.29) is 12.4 Å². The summed E-state index contributed by atoms with van der Waals surface area (Å²) in [5.74, 6) is -0.801. The zero-order chi connectivity index (χ0) is 19.7. The Bertz CT molecular complexity index is 1160. The first-order valence-electron chi connectivity index (χ1n) is 8.57. The van der Waals surface area contributed by atoms with Gasteiger partial charge in [0.2, 0.25) is 5.78 Å². The number of nitrogens with zero attached hydrogens (tertiary/aromatic N) is 2. The molecule has 0 amide bonds. The first kappa shape index (κ1) is 18.5. The van der Waals surface area contributed by atoms with Crippen LogP contribution in [0.3, 0.4) is 0 Å². The monoisotopic (exact) mass is 413 g/mol. The van der Waals surface area contributed by atoms with Crippen LogP contribution in [-0.2, 0) is 11.3 Å². The number of carbonyl (C=O) groups is 2. The third-order valence-electron chi connectivity index (χ3n) is 4.32. The molecule has 4 aromatic rings. The minimum absolute atomic E-state index is 0.277. The zero-order valence-electron chi connectivity index (χ0n) is 14.9. The van der Waals surface area contributed by atoms with Gasteiger partial charge < -0.3 is 9.72 Å². The zero-order valence-corrected chi connectivity index (χ0v) is 16.5. The van der Waals surface area contributed by atoms with Crippen molar-refractivity contribution in [2.75, 3.05) is 6.61 Å². The van der Waals surface area contributed by atoms with Crippen LogP contribution in [0.4, 0.5) is 0 Å². The average Bonchev–Trinajstić information content (AvgIpc) is 3.41. The van der Waals surface area contributed by atoms with Crippen LogP contribution >= 0.6 is 22.9 Å². The maximum Gasteiger partial charge on any atom is 0.348 e. The van der Waals surface area contributed by atoms with E-state index in [9.17, 15) is 9.59 Å². The van der Waals surface area contributed by atoms with Crippen molar-refractivity contribution in [3.63, 3.8) is 0 Å². The summed E-state index contributed by atoms with van der Waals surface area (Å²) < 4.78 is 7.01. The van der Waals surface area contributed by atoms with Crippen molar-refractivity contribution in [3.05, 3.63) is 75.5 Å². The second-order valence-electron chi connectivity index (χ2n) is 6.25. The number of aromatic nitrogens is 3. The van der Waals surface area contributed by atoms with Crippen LogP contribution in [-0.4, -0.2) is 33.1 Å². The summed E-state index contributed by atoms with van der Waals surface area (Å²) in [7, 11) is 0. The van der Waals surface area contributed by atoms with E-state index in [1.807, 2.05) is 35.9 Å². The minimum Gasteiger partial charge on any atom is -0.453 e. The predicted octanol–water partition coefficient (Wildman–Crippen LogP) is 4.48. The summed E-state index contributed by atoms with van der Waals surface area (Å²) in [6.07, 6.45) is 1.65. The van der Waals surface area contributed by atoms with Gasteiger partial charge in [0.25, 0.3) is 0 Å².